The smallest absolute Gasteiger partial charge is 0.409 e. The van der Waals surface area contributed by atoms with Crippen LogP contribution in [-0.2, 0) is 40.4 Å². The molecule has 4 unspecified atom stereocenters. The van der Waals surface area contributed by atoms with Crippen LogP contribution in [0.4, 0.5) is 4.79 Å². The number of piperidine rings is 2. The number of nitrogens with zero attached hydrogens (tertiary/aromatic N) is 3. The van der Waals surface area contributed by atoms with Crippen LogP contribution < -0.4 is 5.32 Å². The van der Waals surface area contributed by atoms with E-state index >= 15 is 0 Å². The van der Waals surface area contributed by atoms with E-state index in [9.17, 15) is 4.79 Å². The lowest BCUT2D eigenvalue weighted by Gasteiger charge is -2.43. The molecule has 4 atom stereocenters. The van der Waals surface area contributed by atoms with Gasteiger partial charge in [0.1, 0.15) is 0 Å². The fourth-order valence-corrected chi connectivity index (χ4v) is 7.26. The monoisotopic (exact) mass is 692 g/mol. The van der Waals surface area contributed by atoms with Gasteiger partial charge in [-0.1, -0.05) is 121 Å². The zero-order valence-electron chi connectivity index (χ0n) is 30.6. The second kappa shape index (κ2) is 20.7. The lowest BCUT2D eigenvalue weighted by Crippen LogP contribution is -2.55. The number of nitrogens with one attached hydrogen (secondary N) is 1. The van der Waals surface area contributed by atoms with E-state index in [-0.39, 0.29) is 24.3 Å². The van der Waals surface area contributed by atoms with Crippen molar-refractivity contribution in [2.75, 3.05) is 47.0 Å². The topological polar surface area (TPSA) is 66.5 Å². The molecule has 4 aromatic carbocycles. The van der Waals surface area contributed by atoms with Gasteiger partial charge in [0.05, 0.1) is 25.4 Å². The van der Waals surface area contributed by atoms with E-state index in [2.05, 4.69) is 124 Å². The number of amides is 1. The first-order chi connectivity index (χ1) is 25.1. The Labute approximate surface area is 305 Å². The van der Waals surface area contributed by atoms with Crippen LogP contribution in [0.15, 0.2) is 121 Å². The molecule has 2 fully saturated rings. The number of carbonyl (C=O) groups excluding carboxylic acids is 1. The number of hydrogen-bond donors (Lipinski definition) is 1. The molecule has 2 aliphatic heterocycles. The molecule has 0 radical (unpaired) electrons. The summed E-state index contributed by atoms with van der Waals surface area (Å²) in [5.74, 6) is 0. The summed E-state index contributed by atoms with van der Waals surface area (Å²) in [6.45, 7) is 9.07. The van der Waals surface area contributed by atoms with E-state index in [0.29, 0.717) is 25.7 Å². The molecule has 272 valence electrons. The van der Waals surface area contributed by atoms with Gasteiger partial charge < -0.3 is 24.4 Å². The Hall–Kier alpha value is -4.05. The van der Waals surface area contributed by atoms with Crippen molar-refractivity contribution >= 4 is 6.09 Å². The predicted molar refractivity (Wildman–Crippen MR) is 204 cm³/mol. The number of likely N-dealkylation sites (tertiary alicyclic amines) is 1. The van der Waals surface area contributed by atoms with Crippen molar-refractivity contribution in [2.45, 2.75) is 70.2 Å². The molecular weight excluding hydrogens is 636 g/mol. The molecule has 2 heterocycles. The van der Waals surface area contributed by atoms with Gasteiger partial charge in [-0.25, -0.2) is 4.79 Å². The molecule has 0 spiro atoms. The zero-order chi connectivity index (χ0) is 35.7. The fraction of sp³-hybridized carbons (Fsp3) is 0.419. The Balaban J connectivity index is 0.000000201. The summed E-state index contributed by atoms with van der Waals surface area (Å²) in [7, 11) is 3.56. The lowest BCUT2D eigenvalue weighted by atomic mass is 9.98. The molecule has 2 saturated heterocycles. The van der Waals surface area contributed by atoms with E-state index in [4.69, 9.17) is 14.2 Å². The molecule has 0 bridgehead atoms. The summed E-state index contributed by atoms with van der Waals surface area (Å²) < 4.78 is 16.8. The predicted octanol–water partition coefficient (Wildman–Crippen LogP) is 7.00. The maximum absolute atomic E-state index is 12.2. The van der Waals surface area contributed by atoms with Crippen molar-refractivity contribution < 1.29 is 19.0 Å². The molecule has 8 nitrogen and oxygen atoms in total. The molecule has 51 heavy (non-hydrogen) atoms. The van der Waals surface area contributed by atoms with Crippen LogP contribution in [0.1, 0.15) is 42.0 Å². The summed E-state index contributed by atoms with van der Waals surface area (Å²) in [5, 5.41) is 3.45. The number of carbonyl (C=O) groups is 1. The normalized spacial score (nSPS) is 20.5. The van der Waals surface area contributed by atoms with Crippen molar-refractivity contribution in [3.8, 4) is 0 Å². The van der Waals surface area contributed by atoms with Crippen molar-refractivity contribution in [3.05, 3.63) is 144 Å². The van der Waals surface area contributed by atoms with E-state index in [0.717, 1.165) is 52.1 Å². The van der Waals surface area contributed by atoms with Crippen LogP contribution in [0.25, 0.3) is 0 Å². The third kappa shape index (κ3) is 11.7. The second-order valence-corrected chi connectivity index (χ2v) is 13.4. The average Bonchev–Trinajstić information content (AvgIpc) is 3.19. The van der Waals surface area contributed by atoms with Gasteiger partial charge in [-0.05, 0) is 48.6 Å². The summed E-state index contributed by atoms with van der Waals surface area (Å²) in [5.41, 5.74) is 5.27. The highest BCUT2D eigenvalue weighted by molar-refractivity contribution is 5.67. The molecule has 0 aromatic heterocycles. The van der Waals surface area contributed by atoms with Gasteiger partial charge in [0, 0.05) is 65.6 Å². The van der Waals surface area contributed by atoms with Crippen molar-refractivity contribution in [1.82, 2.24) is 20.0 Å². The van der Waals surface area contributed by atoms with Gasteiger partial charge >= 0.3 is 6.09 Å². The quantitative estimate of drug-likeness (QED) is 0.162. The fourth-order valence-electron chi connectivity index (χ4n) is 7.26. The Morgan fingerprint density at radius 2 is 1.06 bits per heavy atom. The third-order valence-electron chi connectivity index (χ3n) is 9.90. The largest absolute Gasteiger partial charge is 0.450 e. The number of rotatable bonds is 13. The van der Waals surface area contributed by atoms with E-state index in [1.165, 1.54) is 22.3 Å². The van der Waals surface area contributed by atoms with Gasteiger partial charge in [-0.15, -0.1) is 0 Å². The maximum Gasteiger partial charge on any atom is 0.409 e. The van der Waals surface area contributed by atoms with Crippen LogP contribution in [0, 0.1) is 0 Å². The molecule has 4 aromatic rings. The average molecular weight is 693 g/mol. The van der Waals surface area contributed by atoms with Gasteiger partial charge in [0.25, 0.3) is 0 Å². The number of benzene rings is 4. The first-order valence-corrected chi connectivity index (χ1v) is 18.4. The highest BCUT2D eigenvalue weighted by atomic mass is 16.6. The summed E-state index contributed by atoms with van der Waals surface area (Å²) in [6, 6.07) is 43.2. The molecule has 6 rings (SSSR count). The van der Waals surface area contributed by atoms with E-state index in [1.807, 2.05) is 26.2 Å². The first kappa shape index (κ1) is 38.2. The minimum Gasteiger partial charge on any atom is -0.450 e. The van der Waals surface area contributed by atoms with Crippen molar-refractivity contribution in [1.29, 1.82) is 0 Å². The Bertz CT molecular complexity index is 1450. The van der Waals surface area contributed by atoms with Gasteiger partial charge in [0.15, 0.2) is 0 Å². The van der Waals surface area contributed by atoms with Gasteiger partial charge in [-0.3, -0.25) is 9.80 Å². The SMILES string of the molecule is CCOC(=O)N1CCC(N(Cc2ccccc2)Cc2ccccc2)C(OC)C1.COC1CNCCC1N(Cc1ccccc1)Cc1ccccc1. The van der Waals surface area contributed by atoms with E-state index < -0.39 is 0 Å². The standard InChI is InChI=1S/C23H30N2O3.C20H26N2O/c1-3-28-23(26)24-15-14-21(22(18-24)27-2)25(16-19-10-6-4-7-11-19)17-20-12-8-5-9-13-20;1-23-20-14-21-13-12-19(20)22(15-17-8-4-2-5-9-17)16-18-10-6-3-7-11-18/h4-13,21-22H,3,14-18H2,1-2H3;2-11,19-21H,12-16H2,1H3. The number of methoxy groups -OCH3 is 2. The number of ether oxygens (including phenoxy) is 3. The molecule has 0 aliphatic carbocycles. The third-order valence-corrected chi connectivity index (χ3v) is 9.90. The van der Waals surface area contributed by atoms with E-state index in [1.54, 1.807) is 12.0 Å². The zero-order valence-corrected chi connectivity index (χ0v) is 30.6. The van der Waals surface area contributed by atoms with Gasteiger partial charge in [0.2, 0.25) is 0 Å². The van der Waals surface area contributed by atoms with Gasteiger partial charge in [-0.2, -0.15) is 0 Å². The van der Waals surface area contributed by atoms with Crippen LogP contribution in [0.5, 0.6) is 0 Å². The molecular formula is C43H56N4O4. The van der Waals surface area contributed by atoms with Crippen molar-refractivity contribution in [3.63, 3.8) is 0 Å². The lowest BCUT2D eigenvalue weighted by molar-refractivity contribution is -0.0413. The molecule has 0 saturated carbocycles. The summed E-state index contributed by atoms with van der Waals surface area (Å²) in [4.78, 5) is 19.0. The second-order valence-electron chi connectivity index (χ2n) is 13.4. The van der Waals surface area contributed by atoms with Crippen LogP contribution >= 0.6 is 0 Å². The minimum atomic E-state index is -0.249. The Kier molecular flexibility index (Phi) is 15.5. The molecule has 1 N–H and O–H groups in total. The van der Waals surface area contributed by atoms with Crippen LogP contribution in [0.2, 0.25) is 0 Å². The summed E-state index contributed by atoms with van der Waals surface area (Å²) in [6.07, 6.45) is 1.93. The molecule has 1 amide bonds. The highest BCUT2D eigenvalue weighted by Gasteiger charge is 2.36. The van der Waals surface area contributed by atoms with Crippen LogP contribution in [-0.4, -0.2) is 92.1 Å². The Morgan fingerprint density at radius 3 is 1.45 bits per heavy atom. The minimum absolute atomic E-state index is 0.0504. The van der Waals surface area contributed by atoms with Crippen LogP contribution in [0.3, 0.4) is 0 Å². The molecule has 8 heteroatoms. The highest BCUT2D eigenvalue weighted by Crippen LogP contribution is 2.25. The molecule has 2 aliphatic rings. The first-order valence-electron chi connectivity index (χ1n) is 18.4. The Morgan fingerprint density at radius 1 is 0.647 bits per heavy atom. The van der Waals surface area contributed by atoms with Crippen molar-refractivity contribution in [2.24, 2.45) is 0 Å². The summed E-state index contributed by atoms with van der Waals surface area (Å²) >= 11 is 0. The number of hydrogen-bond acceptors (Lipinski definition) is 7. The maximum atomic E-state index is 12.2.